The molecule has 33 heavy (non-hydrogen) atoms. The van der Waals surface area contributed by atoms with Gasteiger partial charge in [0.15, 0.2) is 5.82 Å². The van der Waals surface area contributed by atoms with Gasteiger partial charge in [0.05, 0.1) is 15.9 Å². The summed E-state index contributed by atoms with van der Waals surface area (Å²) < 4.78 is 29.5. The number of aromatic nitrogens is 2. The quantitative estimate of drug-likeness (QED) is 0.284. The maximum absolute atomic E-state index is 14.1. The van der Waals surface area contributed by atoms with E-state index in [-0.39, 0.29) is 4.90 Å². The van der Waals surface area contributed by atoms with Crippen molar-refractivity contribution < 1.29 is 8.42 Å². The van der Waals surface area contributed by atoms with Gasteiger partial charge in [-0.2, -0.15) is 0 Å². The third-order valence-corrected chi connectivity index (χ3v) is 7.80. The van der Waals surface area contributed by atoms with Crippen molar-refractivity contribution in [3.05, 3.63) is 108 Å². The molecule has 0 aliphatic carbocycles. The number of nitrogens with zero attached hydrogens (tertiary/aromatic N) is 2. The monoisotopic (exact) mass is 468 g/mol. The second-order valence-corrected chi connectivity index (χ2v) is 10.1. The SMILES string of the molecule is O=S(=O)(c1ccc2ccccc2c1)n1c(-c2cccc3ccccc23)nc2ccc(Cl)cc21. The zero-order valence-corrected chi connectivity index (χ0v) is 18.9. The molecule has 5 aromatic carbocycles. The van der Waals surface area contributed by atoms with Crippen molar-refractivity contribution in [3.63, 3.8) is 0 Å². The molecule has 0 aliphatic rings. The molecule has 0 radical (unpaired) electrons. The molecule has 0 spiro atoms. The predicted molar refractivity (Wildman–Crippen MR) is 134 cm³/mol. The van der Waals surface area contributed by atoms with Crippen molar-refractivity contribution in [1.29, 1.82) is 0 Å². The van der Waals surface area contributed by atoms with E-state index in [4.69, 9.17) is 16.6 Å². The molecule has 1 heterocycles. The van der Waals surface area contributed by atoms with Crippen molar-refractivity contribution >= 4 is 54.2 Å². The van der Waals surface area contributed by atoms with E-state index in [2.05, 4.69) is 0 Å². The average Bonchev–Trinajstić information content (AvgIpc) is 3.22. The highest BCUT2D eigenvalue weighted by Crippen LogP contribution is 2.35. The lowest BCUT2D eigenvalue weighted by atomic mass is 10.0. The van der Waals surface area contributed by atoms with Crippen LogP contribution >= 0.6 is 11.6 Å². The molecule has 0 N–H and O–H groups in total. The van der Waals surface area contributed by atoms with Gasteiger partial charge in [-0.25, -0.2) is 17.4 Å². The van der Waals surface area contributed by atoms with E-state index in [9.17, 15) is 8.42 Å². The minimum absolute atomic E-state index is 0.196. The van der Waals surface area contributed by atoms with Gasteiger partial charge in [0.2, 0.25) is 0 Å². The molecular weight excluding hydrogens is 452 g/mol. The maximum atomic E-state index is 14.1. The first kappa shape index (κ1) is 20.0. The molecule has 0 saturated carbocycles. The molecular formula is C27H17ClN2O2S. The highest BCUT2D eigenvalue weighted by molar-refractivity contribution is 7.90. The van der Waals surface area contributed by atoms with Gasteiger partial charge < -0.3 is 0 Å². The summed E-state index contributed by atoms with van der Waals surface area (Å²) in [5.74, 6) is 0.359. The lowest BCUT2D eigenvalue weighted by Crippen LogP contribution is -2.14. The molecule has 0 amide bonds. The van der Waals surface area contributed by atoms with Crippen molar-refractivity contribution in [3.8, 4) is 11.4 Å². The first-order chi connectivity index (χ1) is 16.0. The smallest absolute Gasteiger partial charge is 0.227 e. The van der Waals surface area contributed by atoms with Crippen LogP contribution in [0.2, 0.25) is 5.02 Å². The van der Waals surface area contributed by atoms with E-state index in [1.165, 1.54) is 3.97 Å². The van der Waals surface area contributed by atoms with Crippen LogP contribution in [0.25, 0.3) is 44.0 Å². The van der Waals surface area contributed by atoms with E-state index >= 15 is 0 Å². The van der Waals surface area contributed by atoms with Crippen LogP contribution in [0.3, 0.4) is 0 Å². The van der Waals surface area contributed by atoms with Crippen molar-refractivity contribution in [2.24, 2.45) is 0 Å². The molecule has 0 fully saturated rings. The van der Waals surface area contributed by atoms with Crippen molar-refractivity contribution in [1.82, 2.24) is 8.96 Å². The second-order valence-electron chi connectivity index (χ2n) is 7.87. The molecule has 160 valence electrons. The Labute approximate surface area is 195 Å². The van der Waals surface area contributed by atoms with Crippen LogP contribution in [0.5, 0.6) is 0 Å². The normalized spacial score (nSPS) is 12.0. The van der Waals surface area contributed by atoms with Crippen LogP contribution in [0.4, 0.5) is 0 Å². The average molecular weight is 469 g/mol. The highest BCUT2D eigenvalue weighted by atomic mass is 35.5. The van der Waals surface area contributed by atoms with Crippen LogP contribution < -0.4 is 0 Å². The third-order valence-electron chi connectivity index (χ3n) is 5.86. The number of halogens is 1. The molecule has 1 aromatic heterocycles. The molecule has 0 atom stereocenters. The van der Waals surface area contributed by atoms with Crippen LogP contribution in [0.15, 0.2) is 108 Å². The van der Waals surface area contributed by atoms with Gasteiger partial charge in [0.1, 0.15) is 0 Å². The Hall–Kier alpha value is -3.67. The van der Waals surface area contributed by atoms with Crippen molar-refractivity contribution in [2.45, 2.75) is 4.90 Å². The highest BCUT2D eigenvalue weighted by Gasteiger charge is 2.26. The zero-order valence-electron chi connectivity index (χ0n) is 17.3. The summed E-state index contributed by atoms with van der Waals surface area (Å²) in [5.41, 5.74) is 1.75. The largest absolute Gasteiger partial charge is 0.270 e. The number of benzene rings is 5. The van der Waals surface area contributed by atoms with Gasteiger partial charge in [-0.1, -0.05) is 84.4 Å². The van der Waals surface area contributed by atoms with E-state index in [1.54, 1.807) is 30.3 Å². The Morgan fingerprint density at radius 3 is 2.27 bits per heavy atom. The van der Waals surface area contributed by atoms with Gasteiger partial charge >= 0.3 is 0 Å². The summed E-state index contributed by atoms with van der Waals surface area (Å²) in [6.45, 7) is 0. The number of hydrogen-bond donors (Lipinski definition) is 0. The second kappa shape index (κ2) is 7.44. The van der Waals surface area contributed by atoms with Crippen molar-refractivity contribution in [2.75, 3.05) is 0 Å². The molecule has 0 bridgehead atoms. The summed E-state index contributed by atoms with van der Waals surface area (Å²) in [4.78, 5) is 4.95. The molecule has 0 aliphatic heterocycles. The number of rotatable bonds is 3. The Kier molecular flexibility index (Phi) is 4.50. The summed E-state index contributed by atoms with van der Waals surface area (Å²) in [6.07, 6.45) is 0. The molecule has 6 rings (SSSR count). The van der Waals surface area contributed by atoms with Crippen LogP contribution in [0.1, 0.15) is 0 Å². The fourth-order valence-electron chi connectivity index (χ4n) is 4.29. The van der Waals surface area contributed by atoms with Gasteiger partial charge in [-0.05, 0) is 51.9 Å². The van der Waals surface area contributed by atoms with Gasteiger partial charge in [0, 0.05) is 10.6 Å². The van der Waals surface area contributed by atoms with Crippen LogP contribution in [0, 0.1) is 0 Å². The lowest BCUT2D eigenvalue weighted by Gasteiger charge is -2.13. The topological polar surface area (TPSA) is 52.0 Å². The van der Waals surface area contributed by atoms with Crippen LogP contribution in [-0.4, -0.2) is 17.4 Å². The molecule has 4 nitrogen and oxygen atoms in total. The Bertz CT molecular complexity index is 1800. The third kappa shape index (κ3) is 3.20. The standard InChI is InChI=1S/C27H17ClN2O2S/c28-21-13-15-25-26(17-21)30(27(29-25)24-11-5-9-19-7-3-4-10-23(19)24)33(31,32)22-14-12-18-6-1-2-8-20(18)16-22/h1-17H. The molecule has 0 unspecified atom stereocenters. The Morgan fingerprint density at radius 1 is 0.697 bits per heavy atom. The molecule has 6 heteroatoms. The minimum atomic E-state index is -3.98. The Balaban J connectivity index is 1.70. The summed E-state index contributed by atoms with van der Waals surface area (Å²) in [6, 6.07) is 31.7. The minimum Gasteiger partial charge on any atom is -0.227 e. The van der Waals surface area contributed by atoms with Gasteiger partial charge in [-0.3, -0.25) is 0 Å². The maximum Gasteiger partial charge on any atom is 0.270 e. The summed E-state index contributed by atoms with van der Waals surface area (Å²) in [5, 5.41) is 4.21. The zero-order chi connectivity index (χ0) is 22.6. The Morgan fingerprint density at radius 2 is 1.42 bits per heavy atom. The fraction of sp³-hybridized carbons (Fsp3) is 0. The van der Waals surface area contributed by atoms with Gasteiger partial charge in [-0.15, -0.1) is 0 Å². The first-order valence-electron chi connectivity index (χ1n) is 10.4. The van der Waals surface area contributed by atoms with E-state index < -0.39 is 10.0 Å². The lowest BCUT2D eigenvalue weighted by molar-refractivity contribution is 0.589. The number of hydrogen-bond acceptors (Lipinski definition) is 3. The van der Waals surface area contributed by atoms with E-state index in [0.717, 1.165) is 27.1 Å². The van der Waals surface area contributed by atoms with E-state index in [1.807, 2.05) is 72.8 Å². The fourth-order valence-corrected chi connectivity index (χ4v) is 5.96. The number of fused-ring (bicyclic) bond motifs is 3. The van der Waals surface area contributed by atoms with Gasteiger partial charge in [0.25, 0.3) is 10.0 Å². The molecule has 6 aromatic rings. The molecule has 0 saturated heterocycles. The summed E-state index contributed by atoms with van der Waals surface area (Å²) >= 11 is 6.28. The van der Waals surface area contributed by atoms with Crippen LogP contribution in [-0.2, 0) is 10.0 Å². The summed E-state index contributed by atoms with van der Waals surface area (Å²) in [7, 11) is -3.98. The predicted octanol–water partition coefficient (Wildman–Crippen LogP) is 6.90. The first-order valence-corrected chi connectivity index (χ1v) is 12.2. The van der Waals surface area contributed by atoms with E-state index in [0.29, 0.717) is 21.9 Å². The number of imidazole rings is 1.